The van der Waals surface area contributed by atoms with E-state index < -0.39 is 0 Å². The van der Waals surface area contributed by atoms with Crippen LogP contribution in [0.15, 0.2) is 0 Å². The van der Waals surface area contributed by atoms with Gasteiger partial charge < -0.3 is 15.0 Å². The molecule has 0 fully saturated rings. The van der Waals surface area contributed by atoms with Gasteiger partial charge in [-0.05, 0) is 7.05 Å². The molecule has 0 aliphatic rings. The predicted octanol–water partition coefficient (Wildman–Crippen LogP) is -0.255. The van der Waals surface area contributed by atoms with Crippen molar-refractivity contribution in [2.75, 3.05) is 27.7 Å². The van der Waals surface area contributed by atoms with Gasteiger partial charge in [-0.25, -0.2) is 0 Å². The molecule has 1 unspecified atom stereocenters. The normalized spacial score (nSPS) is 10.7. The van der Waals surface area contributed by atoms with E-state index in [0.29, 0.717) is 0 Å². The Labute approximate surface area is 73.9 Å². The third-order valence-electron chi connectivity index (χ3n) is 0.969. The van der Waals surface area contributed by atoms with E-state index in [1.165, 1.54) is 4.90 Å². The minimum atomic E-state index is 0.157. The Kier molecular flexibility index (Phi) is 11.5. The molecule has 12 heavy (non-hydrogen) atoms. The van der Waals surface area contributed by atoms with Crippen LogP contribution in [0.3, 0.4) is 0 Å². The summed E-state index contributed by atoms with van der Waals surface area (Å²) in [5, 5.41) is 2.89. The summed E-state index contributed by atoms with van der Waals surface area (Å²) < 4.78 is 0. The quantitative estimate of drug-likeness (QED) is 0.598. The van der Waals surface area contributed by atoms with Gasteiger partial charge in [0.25, 0.3) is 0 Å². The fraction of sp³-hybridized carbons (Fsp3) is 0.750. The summed E-state index contributed by atoms with van der Waals surface area (Å²) in [6.45, 7) is 2.66. The van der Waals surface area contributed by atoms with Gasteiger partial charge in [0.2, 0.25) is 6.41 Å². The molecule has 1 atom stereocenters. The Balaban J connectivity index is 0. The van der Waals surface area contributed by atoms with Gasteiger partial charge in [0.05, 0.1) is 0 Å². The van der Waals surface area contributed by atoms with Crippen LogP contribution in [0.5, 0.6) is 0 Å². The first-order valence-electron chi connectivity index (χ1n) is 3.80. The van der Waals surface area contributed by atoms with Crippen molar-refractivity contribution < 1.29 is 9.59 Å². The van der Waals surface area contributed by atoms with E-state index in [4.69, 9.17) is 0 Å². The summed E-state index contributed by atoms with van der Waals surface area (Å²) in [7, 11) is 5.21. The highest BCUT2D eigenvalue weighted by Gasteiger charge is 1.92. The van der Waals surface area contributed by atoms with E-state index in [9.17, 15) is 9.59 Å². The molecule has 0 heterocycles. The maximum Gasteiger partial charge on any atom is 0.209 e. The highest BCUT2D eigenvalue weighted by molar-refractivity contribution is 5.52. The molecular weight excluding hydrogens is 156 g/mol. The van der Waals surface area contributed by atoms with Crippen LogP contribution >= 0.6 is 0 Å². The summed E-state index contributed by atoms with van der Waals surface area (Å²) in [6, 6.07) is 0. The lowest BCUT2D eigenvalue weighted by atomic mass is 10.2. The SMILES string of the molecule is CN(C)C=O.CNCC(C)C=O. The van der Waals surface area contributed by atoms with Crippen LogP contribution in [0.2, 0.25) is 0 Å². The van der Waals surface area contributed by atoms with Crippen LogP contribution in [-0.4, -0.2) is 45.3 Å². The van der Waals surface area contributed by atoms with Gasteiger partial charge in [-0.2, -0.15) is 0 Å². The Bertz CT molecular complexity index is 116. The van der Waals surface area contributed by atoms with Crippen LogP contribution in [0.25, 0.3) is 0 Å². The molecular formula is C8H18N2O2. The van der Waals surface area contributed by atoms with Crippen molar-refractivity contribution in [3.63, 3.8) is 0 Å². The number of amides is 1. The molecule has 0 spiro atoms. The van der Waals surface area contributed by atoms with E-state index in [1.54, 1.807) is 14.1 Å². The number of carbonyl (C=O) groups excluding carboxylic acids is 2. The Morgan fingerprint density at radius 2 is 1.83 bits per heavy atom. The number of nitrogens with one attached hydrogen (secondary N) is 1. The van der Waals surface area contributed by atoms with Gasteiger partial charge in [0, 0.05) is 26.6 Å². The largest absolute Gasteiger partial charge is 0.351 e. The van der Waals surface area contributed by atoms with Gasteiger partial charge in [-0.3, -0.25) is 4.79 Å². The molecule has 0 rings (SSSR count). The van der Waals surface area contributed by atoms with Gasteiger partial charge in [-0.1, -0.05) is 6.92 Å². The molecule has 0 aromatic carbocycles. The molecule has 0 aromatic rings. The van der Waals surface area contributed by atoms with Gasteiger partial charge in [-0.15, -0.1) is 0 Å². The molecule has 0 radical (unpaired) electrons. The lowest BCUT2D eigenvalue weighted by Crippen LogP contribution is -2.16. The second kappa shape index (κ2) is 10.1. The van der Waals surface area contributed by atoms with Crippen LogP contribution in [0.1, 0.15) is 6.92 Å². The predicted molar refractivity (Wildman–Crippen MR) is 48.9 cm³/mol. The van der Waals surface area contributed by atoms with Crippen LogP contribution in [0, 0.1) is 5.92 Å². The Morgan fingerprint density at radius 3 is 1.92 bits per heavy atom. The van der Waals surface area contributed by atoms with Gasteiger partial charge in [0.15, 0.2) is 0 Å². The first-order valence-corrected chi connectivity index (χ1v) is 3.80. The smallest absolute Gasteiger partial charge is 0.209 e. The Morgan fingerprint density at radius 1 is 1.42 bits per heavy atom. The van der Waals surface area contributed by atoms with E-state index >= 15 is 0 Å². The van der Waals surface area contributed by atoms with Crippen molar-refractivity contribution in [3.05, 3.63) is 0 Å². The molecule has 4 nitrogen and oxygen atoms in total. The fourth-order valence-corrected chi connectivity index (χ4v) is 0.370. The molecule has 4 heteroatoms. The highest BCUT2D eigenvalue weighted by Crippen LogP contribution is 1.81. The lowest BCUT2D eigenvalue weighted by Gasteiger charge is -1.97. The average Bonchev–Trinajstić information content (AvgIpc) is 2.06. The van der Waals surface area contributed by atoms with E-state index in [-0.39, 0.29) is 5.92 Å². The number of hydrogen-bond acceptors (Lipinski definition) is 3. The summed E-state index contributed by atoms with van der Waals surface area (Å²) in [4.78, 5) is 20.7. The molecule has 0 bridgehead atoms. The molecule has 72 valence electrons. The van der Waals surface area contributed by atoms with Gasteiger partial charge >= 0.3 is 0 Å². The van der Waals surface area contributed by atoms with Crippen LogP contribution in [-0.2, 0) is 9.59 Å². The third kappa shape index (κ3) is 16.0. The van der Waals surface area contributed by atoms with Crippen LogP contribution < -0.4 is 5.32 Å². The van der Waals surface area contributed by atoms with Crippen molar-refractivity contribution >= 4 is 12.7 Å². The first kappa shape index (κ1) is 13.7. The highest BCUT2D eigenvalue weighted by atomic mass is 16.1. The molecule has 0 saturated carbocycles. The average molecular weight is 174 g/mol. The minimum Gasteiger partial charge on any atom is -0.351 e. The zero-order valence-electron chi connectivity index (χ0n) is 8.20. The van der Waals surface area contributed by atoms with E-state index in [0.717, 1.165) is 19.2 Å². The second-order valence-corrected chi connectivity index (χ2v) is 2.74. The summed E-state index contributed by atoms with van der Waals surface area (Å²) in [5.41, 5.74) is 0. The van der Waals surface area contributed by atoms with E-state index in [1.807, 2.05) is 14.0 Å². The summed E-state index contributed by atoms with van der Waals surface area (Å²) >= 11 is 0. The summed E-state index contributed by atoms with van der Waals surface area (Å²) in [5.74, 6) is 0.157. The maximum atomic E-state index is 9.85. The molecule has 1 N–H and O–H groups in total. The fourth-order valence-electron chi connectivity index (χ4n) is 0.370. The van der Waals surface area contributed by atoms with Crippen molar-refractivity contribution in [2.45, 2.75) is 6.92 Å². The monoisotopic (exact) mass is 174 g/mol. The Hall–Kier alpha value is -0.900. The first-order chi connectivity index (χ1) is 5.58. The zero-order valence-corrected chi connectivity index (χ0v) is 8.20. The number of hydrogen-bond donors (Lipinski definition) is 1. The molecule has 0 saturated heterocycles. The molecule has 0 aromatic heterocycles. The maximum absolute atomic E-state index is 9.85. The number of rotatable bonds is 4. The van der Waals surface area contributed by atoms with Crippen molar-refractivity contribution in [1.82, 2.24) is 10.2 Å². The zero-order chi connectivity index (χ0) is 9.98. The second-order valence-electron chi connectivity index (χ2n) is 2.74. The summed E-state index contributed by atoms with van der Waals surface area (Å²) in [6.07, 6.45) is 1.69. The molecule has 0 aliphatic heterocycles. The number of carbonyl (C=O) groups is 2. The standard InChI is InChI=1S/C5H11NO.C3H7NO/c1-5(4-7)3-6-2;1-4(2)3-5/h4-6H,3H2,1-2H3;3H,1-2H3. The topological polar surface area (TPSA) is 49.4 Å². The number of aldehydes is 1. The molecule has 0 aliphatic carbocycles. The van der Waals surface area contributed by atoms with Crippen molar-refractivity contribution in [3.8, 4) is 0 Å². The van der Waals surface area contributed by atoms with Crippen molar-refractivity contribution in [1.29, 1.82) is 0 Å². The number of nitrogens with zero attached hydrogens (tertiary/aromatic N) is 1. The minimum absolute atomic E-state index is 0.157. The van der Waals surface area contributed by atoms with E-state index in [2.05, 4.69) is 5.32 Å². The van der Waals surface area contributed by atoms with Crippen LogP contribution in [0.4, 0.5) is 0 Å². The molecule has 1 amide bonds. The van der Waals surface area contributed by atoms with Crippen molar-refractivity contribution in [2.24, 2.45) is 5.92 Å². The lowest BCUT2D eigenvalue weighted by molar-refractivity contribution is -0.116. The third-order valence-corrected chi connectivity index (χ3v) is 0.969. The van der Waals surface area contributed by atoms with Gasteiger partial charge in [0.1, 0.15) is 6.29 Å².